The number of aliphatic carboxylic acids is 1. The third-order valence-corrected chi connectivity index (χ3v) is 2.16. The van der Waals surface area contributed by atoms with Gasteiger partial charge < -0.3 is 19.0 Å². The molecule has 1 rings (SSSR count). The van der Waals surface area contributed by atoms with E-state index in [1.54, 1.807) is 6.08 Å². The molecule has 1 N–H and O–H groups in total. The summed E-state index contributed by atoms with van der Waals surface area (Å²) in [4.78, 5) is 14.6. The fraction of sp³-hybridized carbons (Fsp3) is 0.400. The van der Waals surface area contributed by atoms with Gasteiger partial charge >= 0.3 is 5.97 Å². The van der Waals surface area contributed by atoms with Crippen LogP contribution in [0.25, 0.3) is 0 Å². The Morgan fingerprint density at radius 2 is 2.14 bits per heavy atom. The molecule has 0 aromatic heterocycles. The molecule has 0 saturated heterocycles. The van der Waals surface area contributed by atoms with Crippen LogP contribution >= 0.6 is 0 Å². The summed E-state index contributed by atoms with van der Waals surface area (Å²) in [7, 11) is 0. The van der Waals surface area contributed by atoms with E-state index >= 15 is 0 Å². The molecule has 0 bridgehead atoms. The maximum atomic E-state index is 10.5. The van der Waals surface area contributed by atoms with Crippen LogP contribution in [0.1, 0.15) is 19.3 Å². The van der Waals surface area contributed by atoms with Gasteiger partial charge in [0.05, 0.1) is 0 Å². The third kappa shape index (κ3) is 3.28. The molecule has 1 aliphatic rings. The van der Waals surface area contributed by atoms with Crippen LogP contribution in [-0.2, 0) is 37.5 Å². The van der Waals surface area contributed by atoms with E-state index in [0.29, 0.717) is 6.42 Å². The van der Waals surface area contributed by atoms with Crippen LogP contribution < -0.4 is 0 Å². The molecular weight excluding hydrogens is 255 g/mol. The Morgan fingerprint density at radius 3 is 2.50 bits per heavy atom. The largest absolute Gasteiger partial charge is 0.477 e. The van der Waals surface area contributed by atoms with E-state index in [4.69, 9.17) is 5.11 Å². The van der Waals surface area contributed by atoms with Crippen LogP contribution in [0.3, 0.4) is 0 Å². The molecule has 1 radical (unpaired) electrons. The van der Waals surface area contributed by atoms with Gasteiger partial charge in [0, 0.05) is 44.8 Å². The van der Waals surface area contributed by atoms with Gasteiger partial charge in [-0.2, -0.15) is 12.8 Å². The predicted octanol–water partition coefficient (Wildman–Crippen LogP) is 1.86. The zero-order valence-corrected chi connectivity index (χ0v) is 10.9. The first kappa shape index (κ1) is 14.0. The molecule has 0 saturated carbocycles. The second-order valence-corrected chi connectivity index (χ2v) is 2.98. The average Bonchev–Trinajstić information content (AvgIpc) is 2.56. The van der Waals surface area contributed by atoms with Crippen molar-refractivity contribution in [2.75, 3.05) is 0 Å². The third-order valence-electron chi connectivity index (χ3n) is 2.16. The Labute approximate surface area is 110 Å². The van der Waals surface area contributed by atoms with Crippen LogP contribution in [0.15, 0.2) is 16.8 Å². The van der Waals surface area contributed by atoms with Crippen molar-refractivity contribution in [1.82, 2.24) is 0 Å². The van der Waals surface area contributed by atoms with Gasteiger partial charge in [-0.3, -0.25) is 4.99 Å². The number of hydrogen-bond donors (Lipinski definition) is 1. The first-order valence-corrected chi connectivity index (χ1v) is 4.28. The Bertz CT molecular complexity index is 267. The van der Waals surface area contributed by atoms with Gasteiger partial charge in [-0.05, 0) is 6.08 Å². The molecule has 0 aromatic carbocycles. The average molecular weight is 268 g/mol. The Morgan fingerprint density at radius 1 is 1.57 bits per heavy atom. The number of rotatable bonds is 4. The molecule has 14 heavy (non-hydrogen) atoms. The van der Waals surface area contributed by atoms with Crippen LogP contribution in [0.4, 0.5) is 0 Å². The maximum absolute atomic E-state index is 10.5. The number of nitrogens with zero attached hydrogens (tertiary/aromatic N) is 1. The molecule has 0 spiro atoms. The summed E-state index contributed by atoms with van der Waals surface area (Å²) >= 11 is 0. The number of carbonyl (C=O) groups is 1. The number of carboxylic acid groups (broad SMARTS) is 1. The Balaban J connectivity index is 0.00000169. The number of carboxylic acids is 1. The molecule has 0 aromatic rings. The normalized spacial score (nSPS) is 14.8. The van der Waals surface area contributed by atoms with Crippen molar-refractivity contribution < 1.29 is 42.6 Å². The molecule has 4 heteroatoms. The number of hydrogen-bond acceptors (Lipinski definition) is 2. The summed E-state index contributed by atoms with van der Waals surface area (Å²) in [6, 6.07) is 0. The SMILES string of the molecule is [CH2-]CC(C[CH2-])C1=NC(C(=O)O)=CC1.[Y]. The molecule has 0 unspecified atom stereocenters. The van der Waals surface area contributed by atoms with Gasteiger partial charge in [0.25, 0.3) is 0 Å². The Hall–Kier alpha value is -0.0161. The molecule has 3 nitrogen and oxygen atoms in total. The van der Waals surface area contributed by atoms with Gasteiger partial charge in [-0.25, -0.2) is 4.79 Å². The molecule has 0 aliphatic carbocycles. The quantitative estimate of drug-likeness (QED) is 0.791. The van der Waals surface area contributed by atoms with E-state index in [9.17, 15) is 4.79 Å². The van der Waals surface area contributed by atoms with E-state index < -0.39 is 5.97 Å². The minimum absolute atomic E-state index is 0. The monoisotopic (exact) mass is 268 g/mol. The van der Waals surface area contributed by atoms with E-state index in [-0.39, 0.29) is 44.3 Å². The summed E-state index contributed by atoms with van der Waals surface area (Å²) in [6.45, 7) is 7.56. The first-order valence-electron chi connectivity index (χ1n) is 4.28. The standard InChI is InChI=1S/C10H13NO2.Y/c1-3-7(4-2)8-5-6-9(11-8)10(12)13;/h6-7H,1-5H2,(H,12,13);/q-2;. The molecule has 1 heterocycles. The van der Waals surface area contributed by atoms with Crippen molar-refractivity contribution in [2.24, 2.45) is 10.9 Å². The van der Waals surface area contributed by atoms with Crippen LogP contribution in [-0.4, -0.2) is 16.8 Å². The van der Waals surface area contributed by atoms with E-state index in [1.807, 2.05) is 0 Å². The zero-order chi connectivity index (χ0) is 9.84. The number of allylic oxidation sites excluding steroid dienone is 1. The van der Waals surface area contributed by atoms with Gasteiger partial charge in [0.2, 0.25) is 0 Å². The molecule has 75 valence electrons. The molecule has 1 aliphatic heterocycles. The van der Waals surface area contributed by atoms with Crippen molar-refractivity contribution in [3.8, 4) is 0 Å². The van der Waals surface area contributed by atoms with Crippen molar-refractivity contribution in [2.45, 2.75) is 19.3 Å². The molecular formula is C10H13NO2Y-2. The van der Waals surface area contributed by atoms with Crippen LogP contribution in [0.2, 0.25) is 0 Å². The summed E-state index contributed by atoms with van der Waals surface area (Å²) in [5.41, 5.74) is 1.06. The van der Waals surface area contributed by atoms with Crippen LogP contribution in [0, 0.1) is 19.8 Å². The fourth-order valence-corrected chi connectivity index (χ4v) is 1.32. The van der Waals surface area contributed by atoms with Gasteiger partial charge in [0.15, 0.2) is 0 Å². The topological polar surface area (TPSA) is 49.7 Å². The second-order valence-electron chi connectivity index (χ2n) is 2.98. The van der Waals surface area contributed by atoms with Gasteiger partial charge in [-0.15, -0.1) is 0 Å². The fourth-order valence-electron chi connectivity index (χ4n) is 1.32. The van der Waals surface area contributed by atoms with E-state index in [2.05, 4.69) is 18.8 Å². The second kappa shape index (κ2) is 6.46. The zero-order valence-electron chi connectivity index (χ0n) is 8.07. The molecule has 0 atom stereocenters. The predicted molar refractivity (Wildman–Crippen MR) is 51.2 cm³/mol. The molecule has 0 fully saturated rings. The van der Waals surface area contributed by atoms with Crippen molar-refractivity contribution in [3.63, 3.8) is 0 Å². The van der Waals surface area contributed by atoms with Gasteiger partial charge in [0.1, 0.15) is 5.70 Å². The van der Waals surface area contributed by atoms with Crippen LogP contribution in [0.5, 0.6) is 0 Å². The van der Waals surface area contributed by atoms with Crippen molar-refractivity contribution in [1.29, 1.82) is 0 Å². The minimum Gasteiger partial charge on any atom is -0.477 e. The van der Waals surface area contributed by atoms with Crippen molar-refractivity contribution in [3.05, 3.63) is 25.6 Å². The number of aliphatic imine (C=N–C) groups is 1. The molecule has 0 amide bonds. The summed E-state index contributed by atoms with van der Waals surface area (Å²) in [5.74, 6) is -0.727. The minimum atomic E-state index is -0.957. The first-order chi connectivity index (χ1) is 6.19. The van der Waals surface area contributed by atoms with Gasteiger partial charge in [-0.1, -0.05) is 5.92 Å². The smallest absolute Gasteiger partial charge is 0.354 e. The summed E-state index contributed by atoms with van der Waals surface area (Å²) in [5, 5.41) is 8.65. The van der Waals surface area contributed by atoms with E-state index in [0.717, 1.165) is 18.6 Å². The van der Waals surface area contributed by atoms with Crippen molar-refractivity contribution >= 4 is 11.7 Å². The Kier molecular flexibility index (Phi) is 6.46. The van der Waals surface area contributed by atoms with E-state index in [1.165, 1.54) is 0 Å². The summed E-state index contributed by atoms with van der Waals surface area (Å²) in [6.07, 6.45) is 3.72. The summed E-state index contributed by atoms with van der Waals surface area (Å²) < 4.78 is 0. The maximum Gasteiger partial charge on any atom is 0.354 e.